The van der Waals surface area contributed by atoms with Crippen molar-refractivity contribution < 1.29 is 4.74 Å². The molecule has 1 aromatic heterocycles. The van der Waals surface area contributed by atoms with Crippen molar-refractivity contribution >= 4 is 5.82 Å². The molecule has 1 aromatic rings. The van der Waals surface area contributed by atoms with Gasteiger partial charge in [-0.3, -0.25) is 0 Å². The van der Waals surface area contributed by atoms with Crippen molar-refractivity contribution in [2.45, 2.75) is 37.8 Å². The third kappa shape index (κ3) is 2.19. The minimum Gasteiger partial charge on any atom is -0.481 e. The fourth-order valence-corrected chi connectivity index (χ4v) is 3.28. The second-order valence-electron chi connectivity index (χ2n) is 5.39. The first-order valence-corrected chi connectivity index (χ1v) is 6.85. The first kappa shape index (κ1) is 11.8. The van der Waals surface area contributed by atoms with E-state index < -0.39 is 0 Å². The number of piperidine rings is 1. The normalized spacial score (nSPS) is 28.1. The monoisotopic (exact) mass is 250 g/mol. The van der Waals surface area contributed by atoms with Crippen LogP contribution in [0.3, 0.4) is 0 Å². The first-order chi connectivity index (χ1) is 8.76. The van der Waals surface area contributed by atoms with E-state index in [-0.39, 0.29) is 0 Å². The summed E-state index contributed by atoms with van der Waals surface area (Å²) < 4.78 is 7.01. The maximum atomic E-state index is 5.24. The zero-order valence-corrected chi connectivity index (χ0v) is 11.2. The van der Waals surface area contributed by atoms with E-state index in [9.17, 15) is 0 Å². The Balaban J connectivity index is 1.62. The van der Waals surface area contributed by atoms with Gasteiger partial charge in [-0.05, 0) is 32.2 Å². The molecule has 0 amide bonds. The van der Waals surface area contributed by atoms with Gasteiger partial charge in [0.15, 0.2) is 5.82 Å². The van der Waals surface area contributed by atoms with Crippen LogP contribution in [0.4, 0.5) is 5.82 Å². The molecule has 1 N–H and O–H groups in total. The summed E-state index contributed by atoms with van der Waals surface area (Å²) in [4.78, 5) is 2.64. The van der Waals surface area contributed by atoms with E-state index in [0.717, 1.165) is 17.7 Å². The number of nitrogens with zero attached hydrogens (tertiary/aromatic N) is 3. The SMILES string of the molecule is COc1cc(NC2CCN3CCCC3C2)nn1C. The summed E-state index contributed by atoms with van der Waals surface area (Å²) in [5.74, 6) is 1.74. The Morgan fingerprint density at radius 2 is 2.28 bits per heavy atom. The molecule has 3 heterocycles. The maximum Gasteiger partial charge on any atom is 0.213 e. The van der Waals surface area contributed by atoms with Gasteiger partial charge in [-0.1, -0.05) is 0 Å². The van der Waals surface area contributed by atoms with Crippen LogP contribution in [0, 0.1) is 0 Å². The van der Waals surface area contributed by atoms with Crippen molar-refractivity contribution in [2.24, 2.45) is 7.05 Å². The second kappa shape index (κ2) is 4.80. The van der Waals surface area contributed by atoms with Gasteiger partial charge in [-0.2, -0.15) is 5.10 Å². The molecule has 2 saturated heterocycles. The minimum atomic E-state index is 0.559. The van der Waals surface area contributed by atoms with Crippen LogP contribution in [0.2, 0.25) is 0 Å². The number of methoxy groups -OCH3 is 1. The molecule has 0 aliphatic carbocycles. The highest BCUT2D eigenvalue weighted by Crippen LogP contribution is 2.28. The number of hydrogen-bond acceptors (Lipinski definition) is 4. The molecule has 18 heavy (non-hydrogen) atoms. The summed E-state index contributed by atoms with van der Waals surface area (Å²) in [5, 5.41) is 7.98. The van der Waals surface area contributed by atoms with Gasteiger partial charge in [0.25, 0.3) is 0 Å². The Morgan fingerprint density at radius 1 is 1.39 bits per heavy atom. The van der Waals surface area contributed by atoms with Gasteiger partial charge in [-0.25, -0.2) is 4.68 Å². The summed E-state index contributed by atoms with van der Waals surface area (Å²) in [6, 6.07) is 3.33. The van der Waals surface area contributed by atoms with E-state index >= 15 is 0 Å². The predicted molar refractivity (Wildman–Crippen MR) is 71.0 cm³/mol. The van der Waals surface area contributed by atoms with Crippen LogP contribution >= 0.6 is 0 Å². The standard InChI is InChI=1S/C13H22N4O/c1-16-13(18-2)9-12(15-16)14-10-5-7-17-6-3-4-11(17)8-10/h9-11H,3-8H2,1-2H3,(H,14,15). The fraction of sp³-hybridized carbons (Fsp3) is 0.769. The van der Waals surface area contributed by atoms with Gasteiger partial charge in [0.1, 0.15) is 0 Å². The number of hydrogen-bond donors (Lipinski definition) is 1. The molecule has 2 aliphatic heterocycles. The van der Waals surface area contributed by atoms with Gasteiger partial charge in [-0.15, -0.1) is 0 Å². The van der Waals surface area contributed by atoms with Crippen LogP contribution in [0.5, 0.6) is 5.88 Å². The number of aromatic nitrogens is 2. The molecule has 5 nitrogen and oxygen atoms in total. The highest BCUT2D eigenvalue weighted by Gasteiger charge is 2.31. The van der Waals surface area contributed by atoms with E-state index in [4.69, 9.17) is 4.74 Å². The lowest BCUT2D eigenvalue weighted by atomic mass is 9.98. The summed E-state index contributed by atoms with van der Waals surface area (Å²) >= 11 is 0. The molecule has 2 fully saturated rings. The zero-order chi connectivity index (χ0) is 12.5. The van der Waals surface area contributed by atoms with Crippen molar-refractivity contribution in [3.8, 4) is 5.88 Å². The zero-order valence-electron chi connectivity index (χ0n) is 11.2. The van der Waals surface area contributed by atoms with Gasteiger partial charge in [0, 0.05) is 31.7 Å². The third-order valence-electron chi connectivity index (χ3n) is 4.22. The Hall–Kier alpha value is -1.23. The average molecular weight is 250 g/mol. The van der Waals surface area contributed by atoms with Crippen molar-refractivity contribution in [3.63, 3.8) is 0 Å². The number of anilines is 1. The highest BCUT2D eigenvalue weighted by atomic mass is 16.5. The molecule has 0 radical (unpaired) electrons. The summed E-state index contributed by atoms with van der Waals surface area (Å²) in [6.45, 7) is 2.53. The molecule has 0 bridgehead atoms. The molecular formula is C13H22N4O. The molecule has 0 spiro atoms. The molecular weight excluding hydrogens is 228 g/mol. The lowest BCUT2D eigenvalue weighted by Gasteiger charge is -2.35. The van der Waals surface area contributed by atoms with Crippen LogP contribution in [-0.4, -0.2) is 47.0 Å². The molecule has 3 rings (SSSR count). The summed E-state index contributed by atoms with van der Waals surface area (Å²) in [6.07, 6.45) is 5.20. The average Bonchev–Trinajstić information content (AvgIpc) is 2.95. The number of ether oxygens (including phenoxy) is 1. The van der Waals surface area contributed by atoms with E-state index in [0.29, 0.717) is 6.04 Å². The molecule has 0 saturated carbocycles. The Bertz CT molecular complexity index is 417. The van der Waals surface area contributed by atoms with Gasteiger partial charge in [0.2, 0.25) is 5.88 Å². The van der Waals surface area contributed by atoms with Gasteiger partial charge >= 0.3 is 0 Å². The maximum absolute atomic E-state index is 5.24. The third-order valence-corrected chi connectivity index (χ3v) is 4.22. The predicted octanol–water partition coefficient (Wildman–Crippen LogP) is 1.47. The largest absolute Gasteiger partial charge is 0.481 e. The van der Waals surface area contributed by atoms with Crippen molar-refractivity contribution in [1.29, 1.82) is 0 Å². The van der Waals surface area contributed by atoms with Crippen molar-refractivity contribution in [1.82, 2.24) is 14.7 Å². The molecule has 2 unspecified atom stereocenters. The lowest BCUT2D eigenvalue weighted by molar-refractivity contribution is 0.188. The van der Waals surface area contributed by atoms with Crippen LogP contribution in [0.15, 0.2) is 6.07 Å². The van der Waals surface area contributed by atoms with Gasteiger partial charge in [0.05, 0.1) is 7.11 Å². The molecule has 2 aliphatic rings. The van der Waals surface area contributed by atoms with Crippen LogP contribution < -0.4 is 10.1 Å². The first-order valence-electron chi connectivity index (χ1n) is 6.85. The van der Waals surface area contributed by atoms with E-state index in [1.165, 1.54) is 38.8 Å². The van der Waals surface area contributed by atoms with Crippen molar-refractivity contribution in [3.05, 3.63) is 6.07 Å². The topological polar surface area (TPSA) is 42.3 Å². The number of rotatable bonds is 3. The van der Waals surface area contributed by atoms with Crippen molar-refractivity contribution in [2.75, 3.05) is 25.5 Å². The number of nitrogens with one attached hydrogen (secondary N) is 1. The number of fused-ring (bicyclic) bond motifs is 1. The van der Waals surface area contributed by atoms with E-state index in [1.54, 1.807) is 11.8 Å². The van der Waals surface area contributed by atoms with Crippen LogP contribution in [0.25, 0.3) is 0 Å². The smallest absolute Gasteiger partial charge is 0.213 e. The molecule has 5 heteroatoms. The second-order valence-corrected chi connectivity index (χ2v) is 5.39. The lowest BCUT2D eigenvalue weighted by Crippen LogP contribution is -2.42. The quantitative estimate of drug-likeness (QED) is 0.882. The highest BCUT2D eigenvalue weighted by molar-refractivity contribution is 5.39. The van der Waals surface area contributed by atoms with E-state index in [1.807, 2.05) is 13.1 Å². The molecule has 0 aromatic carbocycles. The van der Waals surface area contributed by atoms with Gasteiger partial charge < -0.3 is 15.0 Å². The fourth-order valence-electron chi connectivity index (χ4n) is 3.28. The Labute approximate surface area is 108 Å². The Morgan fingerprint density at radius 3 is 3.06 bits per heavy atom. The van der Waals surface area contributed by atoms with Crippen LogP contribution in [-0.2, 0) is 7.05 Å². The Kier molecular flexibility index (Phi) is 3.16. The van der Waals surface area contributed by atoms with Crippen LogP contribution in [0.1, 0.15) is 25.7 Å². The minimum absolute atomic E-state index is 0.559. The number of aryl methyl sites for hydroxylation is 1. The van der Waals surface area contributed by atoms with E-state index in [2.05, 4.69) is 15.3 Å². The summed E-state index contributed by atoms with van der Waals surface area (Å²) in [7, 11) is 3.58. The molecule has 100 valence electrons. The molecule has 2 atom stereocenters. The summed E-state index contributed by atoms with van der Waals surface area (Å²) in [5.41, 5.74) is 0.